The molecule has 3 aromatic rings. The number of hydrogen-bond acceptors (Lipinski definition) is 7. The largest absolute Gasteiger partial charge is 0.508 e. The van der Waals surface area contributed by atoms with E-state index in [9.17, 15) is 36.2 Å². The van der Waals surface area contributed by atoms with Crippen molar-refractivity contribution in [2.45, 2.75) is 24.8 Å². The predicted octanol–water partition coefficient (Wildman–Crippen LogP) is 3.65. The minimum absolute atomic E-state index is 0.0570. The highest BCUT2D eigenvalue weighted by atomic mass is 19.4. The molecule has 46 heavy (non-hydrogen) atoms. The Hall–Kier alpha value is -5.81. The molecule has 0 saturated heterocycles. The van der Waals surface area contributed by atoms with Crippen molar-refractivity contribution in [2.75, 3.05) is 6.61 Å². The van der Waals surface area contributed by atoms with Crippen LogP contribution in [0, 0.1) is 10.8 Å². The van der Waals surface area contributed by atoms with Gasteiger partial charge in [0.2, 0.25) is 0 Å². The van der Waals surface area contributed by atoms with Gasteiger partial charge in [0.05, 0.1) is 6.04 Å². The molecule has 12 nitrogen and oxygen atoms in total. The second-order valence-corrected chi connectivity index (χ2v) is 8.89. The van der Waals surface area contributed by atoms with Crippen molar-refractivity contribution in [1.29, 1.82) is 10.8 Å². The molecule has 18 heteroatoms. The van der Waals surface area contributed by atoms with E-state index in [4.69, 9.17) is 46.8 Å². The van der Waals surface area contributed by atoms with E-state index in [1.165, 1.54) is 0 Å². The van der Waals surface area contributed by atoms with Gasteiger partial charge in [0.15, 0.2) is 0 Å². The highest BCUT2D eigenvalue weighted by Crippen LogP contribution is 2.16. The summed E-state index contributed by atoms with van der Waals surface area (Å²) in [5, 5.41) is 41.8. The van der Waals surface area contributed by atoms with Crippen LogP contribution < -0.4 is 21.5 Å². The number of rotatable bonds is 9. The van der Waals surface area contributed by atoms with Crippen molar-refractivity contribution < 1.29 is 60.8 Å². The summed E-state index contributed by atoms with van der Waals surface area (Å²) >= 11 is 0. The maximum Gasteiger partial charge on any atom is 0.490 e. The van der Waals surface area contributed by atoms with E-state index >= 15 is 0 Å². The summed E-state index contributed by atoms with van der Waals surface area (Å²) < 4.78 is 69.4. The van der Waals surface area contributed by atoms with E-state index < -0.39 is 24.3 Å². The van der Waals surface area contributed by atoms with Crippen molar-refractivity contribution in [1.82, 2.24) is 5.32 Å². The number of nitrogens with one attached hydrogen (secondary N) is 3. The smallest absolute Gasteiger partial charge is 0.490 e. The van der Waals surface area contributed by atoms with Crippen LogP contribution in [0.25, 0.3) is 0 Å². The normalized spacial score (nSPS) is 11.3. The number of alkyl halides is 6. The van der Waals surface area contributed by atoms with Crippen LogP contribution in [0.2, 0.25) is 0 Å². The van der Waals surface area contributed by atoms with Gasteiger partial charge in [-0.15, -0.1) is 0 Å². The molecule has 248 valence electrons. The van der Waals surface area contributed by atoms with Gasteiger partial charge in [-0.3, -0.25) is 15.6 Å². The first-order valence-electron chi connectivity index (χ1n) is 12.4. The lowest BCUT2D eigenvalue weighted by atomic mass is 10.0. The number of carboxylic acids is 2. The number of carbonyl (C=O) groups excluding carboxylic acids is 1. The van der Waals surface area contributed by atoms with E-state index in [0.29, 0.717) is 28.9 Å². The monoisotopic (exact) mass is 659 g/mol. The number of phenolic OH excluding ortho intramolecular Hbond substituents is 1. The number of halogens is 6. The van der Waals surface area contributed by atoms with Gasteiger partial charge in [0.1, 0.15) is 29.8 Å². The average Bonchev–Trinajstić information content (AvgIpc) is 2.97. The zero-order chi connectivity index (χ0) is 35.2. The number of phenols is 1. The van der Waals surface area contributed by atoms with Crippen LogP contribution in [-0.4, -0.2) is 69.8 Å². The number of benzene rings is 3. The standard InChI is InChI=1S/C24H25N5O3.2C2HF3O2/c25-22(26)16-6-8-17(9-7-16)24(31)29-19(12-15-4-10-20(30)11-5-15)14-32-21-3-1-2-18(13-21)23(27)28;2*3-2(4,5)1(6)7/h1-11,13,19,30H,12,14H2,(H3,25,26)(H3,27,28)(H,29,31);2*(H,6,7)/t19-;;/m1../s1. The second-order valence-electron chi connectivity index (χ2n) is 8.89. The molecule has 1 amide bonds. The Balaban J connectivity index is 0.000000629. The Morgan fingerprint density at radius 2 is 1.22 bits per heavy atom. The topological polar surface area (TPSA) is 233 Å². The number of aromatic hydroxyl groups is 1. The number of nitrogens with two attached hydrogens (primary N) is 2. The average molecular weight is 660 g/mol. The lowest BCUT2D eigenvalue weighted by molar-refractivity contribution is -0.193. The van der Waals surface area contributed by atoms with Crippen LogP contribution >= 0.6 is 0 Å². The molecular weight excluding hydrogens is 632 g/mol. The Morgan fingerprint density at radius 3 is 1.65 bits per heavy atom. The molecule has 3 rings (SSSR count). The minimum atomic E-state index is -5.08. The molecule has 0 unspecified atom stereocenters. The highest BCUT2D eigenvalue weighted by Gasteiger charge is 2.38. The van der Waals surface area contributed by atoms with Gasteiger partial charge in [-0.05, 0) is 48.4 Å². The number of amides is 1. The van der Waals surface area contributed by atoms with Gasteiger partial charge < -0.3 is 36.8 Å². The van der Waals surface area contributed by atoms with Crippen molar-refractivity contribution in [3.8, 4) is 11.5 Å². The van der Waals surface area contributed by atoms with Crippen molar-refractivity contribution in [3.63, 3.8) is 0 Å². The molecule has 0 saturated carbocycles. The van der Waals surface area contributed by atoms with Crippen LogP contribution in [0.3, 0.4) is 0 Å². The van der Waals surface area contributed by atoms with Crippen LogP contribution in [0.4, 0.5) is 26.3 Å². The van der Waals surface area contributed by atoms with Crippen LogP contribution in [-0.2, 0) is 16.0 Å². The molecule has 0 radical (unpaired) electrons. The van der Waals surface area contributed by atoms with Gasteiger partial charge in [-0.25, -0.2) is 9.59 Å². The number of amidine groups is 2. The predicted molar refractivity (Wildman–Crippen MR) is 151 cm³/mol. The fourth-order valence-corrected chi connectivity index (χ4v) is 3.09. The lowest BCUT2D eigenvalue weighted by Gasteiger charge is -2.20. The number of aliphatic carboxylic acids is 2. The van der Waals surface area contributed by atoms with E-state index in [0.717, 1.165) is 5.56 Å². The van der Waals surface area contributed by atoms with E-state index in [1.54, 1.807) is 72.8 Å². The van der Waals surface area contributed by atoms with E-state index in [2.05, 4.69) is 5.32 Å². The number of carbonyl (C=O) groups is 3. The lowest BCUT2D eigenvalue weighted by Crippen LogP contribution is -2.40. The highest BCUT2D eigenvalue weighted by molar-refractivity contribution is 5.98. The third kappa shape index (κ3) is 14.1. The summed E-state index contributed by atoms with van der Waals surface area (Å²) in [5.74, 6) is -5.22. The molecule has 0 aliphatic carbocycles. The molecule has 0 fully saturated rings. The Bertz CT molecular complexity index is 1490. The number of ether oxygens (including phenoxy) is 1. The van der Waals surface area contributed by atoms with E-state index in [-0.39, 0.29) is 36.0 Å². The first-order valence-corrected chi connectivity index (χ1v) is 12.4. The first-order chi connectivity index (χ1) is 21.2. The zero-order valence-corrected chi connectivity index (χ0v) is 23.3. The number of hydrogen-bond donors (Lipinski definition) is 8. The summed E-state index contributed by atoms with van der Waals surface area (Å²) in [7, 11) is 0. The molecule has 1 atom stereocenters. The SMILES string of the molecule is N=C(N)c1ccc(C(=O)N[C@@H](COc2cccc(C(=N)N)c2)Cc2ccc(O)cc2)cc1.O=C(O)C(F)(F)F.O=C(O)C(F)(F)F. The molecule has 0 bridgehead atoms. The molecule has 0 aliphatic heterocycles. The third-order valence-electron chi connectivity index (χ3n) is 5.29. The first kappa shape index (κ1) is 38.2. The maximum atomic E-state index is 12.8. The van der Waals surface area contributed by atoms with Crippen LogP contribution in [0.15, 0.2) is 72.8 Å². The molecular formula is C28H27F6N5O7. The maximum absolute atomic E-state index is 12.8. The molecule has 3 aromatic carbocycles. The fourth-order valence-electron chi connectivity index (χ4n) is 3.09. The Kier molecular flexibility index (Phi) is 14.0. The number of carboxylic acid groups (broad SMARTS) is 2. The van der Waals surface area contributed by atoms with Crippen LogP contribution in [0.1, 0.15) is 27.0 Å². The van der Waals surface area contributed by atoms with Crippen LogP contribution in [0.5, 0.6) is 11.5 Å². The third-order valence-corrected chi connectivity index (χ3v) is 5.29. The van der Waals surface area contributed by atoms with Gasteiger partial charge in [-0.2, -0.15) is 26.3 Å². The summed E-state index contributed by atoms with van der Waals surface area (Å²) in [4.78, 5) is 30.6. The van der Waals surface area contributed by atoms with Gasteiger partial charge in [0, 0.05) is 16.7 Å². The van der Waals surface area contributed by atoms with Crippen molar-refractivity contribution >= 4 is 29.5 Å². The van der Waals surface area contributed by atoms with Gasteiger partial charge >= 0.3 is 24.3 Å². The van der Waals surface area contributed by atoms with E-state index in [1.807, 2.05) is 0 Å². The fraction of sp³-hybridized carbons (Fsp3) is 0.179. The molecule has 0 aliphatic rings. The van der Waals surface area contributed by atoms with Crippen molar-refractivity contribution in [3.05, 3.63) is 95.1 Å². The van der Waals surface area contributed by atoms with Crippen molar-refractivity contribution in [2.24, 2.45) is 11.5 Å². The summed E-state index contributed by atoms with van der Waals surface area (Å²) in [6.07, 6.45) is -9.69. The van der Waals surface area contributed by atoms with Gasteiger partial charge in [0.25, 0.3) is 5.91 Å². The minimum Gasteiger partial charge on any atom is -0.508 e. The Morgan fingerprint density at radius 1 is 0.761 bits per heavy atom. The molecule has 0 spiro atoms. The quantitative estimate of drug-likeness (QED) is 0.0950. The zero-order valence-electron chi connectivity index (χ0n) is 23.3. The van der Waals surface area contributed by atoms with Gasteiger partial charge in [-0.1, -0.05) is 36.4 Å². The Labute approximate surface area is 256 Å². The summed E-state index contributed by atoms with van der Waals surface area (Å²) in [5.41, 5.74) is 13.4. The molecule has 10 N–H and O–H groups in total. The second kappa shape index (κ2) is 16.9. The summed E-state index contributed by atoms with van der Waals surface area (Å²) in [6.45, 7) is 0.180. The molecule has 0 aromatic heterocycles. The molecule has 0 heterocycles. The number of nitrogen functional groups attached to an aromatic ring is 2. The summed E-state index contributed by atoms with van der Waals surface area (Å²) in [6, 6.07) is 19.7.